The topological polar surface area (TPSA) is 40.4 Å². The summed E-state index contributed by atoms with van der Waals surface area (Å²) >= 11 is 0. The Hall–Kier alpha value is -1.52. The van der Waals surface area contributed by atoms with Gasteiger partial charge in [-0.1, -0.05) is 12.1 Å². The zero-order valence-electron chi connectivity index (χ0n) is 10.7. The van der Waals surface area contributed by atoms with E-state index in [1.54, 1.807) is 6.07 Å². The number of aromatic nitrogens is 1. The van der Waals surface area contributed by atoms with E-state index in [4.69, 9.17) is 0 Å². The summed E-state index contributed by atoms with van der Waals surface area (Å²) in [4.78, 5) is 2.45. The van der Waals surface area contributed by atoms with Crippen LogP contribution in [-0.2, 0) is 13.6 Å². The van der Waals surface area contributed by atoms with Crippen molar-refractivity contribution in [2.75, 3.05) is 26.2 Å². The molecule has 0 saturated carbocycles. The van der Waals surface area contributed by atoms with Crippen molar-refractivity contribution in [1.82, 2.24) is 14.8 Å². The third-order valence-electron chi connectivity index (χ3n) is 3.73. The van der Waals surface area contributed by atoms with Gasteiger partial charge in [0.25, 0.3) is 0 Å². The average molecular weight is 245 g/mol. The summed E-state index contributed by atoms with van der Waals surface area (Å²) in [6.07, 6.45) is 0. The summed E-state index contributed by atoms with van der Waals surface area (Å²) in [6.45, 7) is 5.26. The van der Waals surface area contributed by atoms with Crippen LogP contribution < -0.4 is 5.32 Å². The van der Waals surface area contributed by atoms with Crippen LogP contribution in [0.3, 0.4) is 0 Å². The number of para-hydroxylation sites is 1. The van der Waals surface area contributed by atoms with Gasteiger partial charge in [0.2, 0.25) is 0 Å². The fourth-order valence-corrected chi connectivity index (χ4v) is 2.70. The minimum atomic E-state index is 0.363. The molecular weight excluding hydrogens is 226 g/mol. The van der Waals surface area contributed by atoms with Crippen LogP contribution in [0.5, 0.6) is 5.75 Å². The highest BCUT2D eigenvalue weighted by atomic mass is 16.3. The van der Waals surface area contributed by atoms with Gasteiger partial charge >= 0.3 is 0 Å². The fourth-order valence-electron chi connectivity index (χ4n) is 2.70. The minimum Gasteiger partial charge on any atom is -0.506 e. The second kappa shape index (κ2) is 4.63. The molecule has 0 bridgehead atoms. The molecule has 2 heterocycles. The van der Waals surface area contributed by atoms with Gasteiger partial charge in [0.05, 0.1) is 5.52 Å². The largest absolute Gasteiger partial charge is 0.506 e. The first-order chi connectivity index (χ1) is 8.75. The molecule has 1 aromatic carbocycles. The molecule has 1 saturated heterocycles. The van der Waals surface area contributed by atoms with E-state index < -0.39 is 0 Å². The first-order valence-corrected chi connectivity index (χ1v) is 6.45. The Morgan fingerprint density at radius 1 is 1.28 bits per heavy atom. The van der Waals surface area contributed by atoms with Gasteiger partial charge in [-0.2, -0.15) is 0 Å². The van der Waals surface area contributed by atoms with E-state index in [1.807, 2.05) is 13.1 Å². The summed E-state index contributed by atoms with van der Waals surface area (Å²) < 4.78 is 2.10. The zero-order chi connectivity index (χ0) is 12.5. The SMILES string of the molecule is Cn1c(CN2CCNCC2)cc2cccc(O)c21. The van der Waals surface area contributed by atoms with Crippen LogP contribution in [0.25, 0.3) is 10.9 Å². The maximum Gasteiger partial charge on any atom is 0.139 e. The van der Waals surface area contributed by atoms with Gasteiger partial charge in [-0.15, -0.1) is 0 Å². The maximum absolute atomic E-state index is 9.93. The molecule has 96 valence electrons. The number of phenols is 1. The summed E-state index contributed by atoms with van der Waals surface area (Å²) in [5.74, 6) is 0.363. The Labute approximate surface area is 107 Å². The molecule has 1 aromatic heterocycles. The summed E-state index contributed by atoms with van der Waals surface area (Å²) in [5.41, 5.74) is 2.19. The van der Waals surface area contributed by atoms with Gasteiger partial charge in [0.15, 0.2) is 0 Å². The van der Waals surface area contributed by atoms with Crippen molar-refractivity contribution >= 4 is 10.9 Å². The molecule has 1 aliphatic heterocycles. The smallest absolute Gasteiger partial charge is 0.139 e. The molecule has 0 atom stereocenters. The molecule has 0 spiro atoms. The second-order valence-corrected chi connectivity index (χ2v) is 4.94. The van der Waals surface area contributed by atoms with Gasteiger partial charge in [-0.25, -0.2) is 0 Å². The number of phenolic OH excluding ortho intramolecular Hbond substituents is 1. The Balaban J connectivity index is 1.92. The summed E-state index contributed by atoms with van der Waals surface area (Å²) in [5, 5.41) is 14.4. The molecule has 0 unspecified atom stereocenters. The van der Waals surface area contributed by atoms with E-state index in [2.05, 4.69) is 26.9 Å². The van der Waals surface area contributed by atoms with Gasteiger partial charge in [-0.05, 0) is 12.1 Å². The molecule has 4 heteroatoms. The maximum atomic E-state index is 9.93. The number of benzene rings is 1. The van der Waals surface area contributed by atoms with Crippen LogP contribution in [0.15, 0.2) is 24.3 Å². The third-order valence-corrected chi connectivity index (χ3v) is 3.73. The van der Waals surface area contributed by atoms with Gasteiger partial charge in [-0.3, -0.25) is 4.90 Å². The number of fused-ring (bicyclic) bond motifs is 1. The van der Waals surface area contributed by atoms with E-state index in [0.29, 0.717) is 5.75 Å². The quantitative estimate of drug-likeness (QED) is 0.837. The molecule has 4 nitrogen and oxygen atoms in total. The van der Waals surface area contributed by atoms with Crippen LogP contribution >= 0.6 is 0 Å². The molecule has 2 N–H and O–H groups in total. The van der Waals surface area contributed by atoms with E-state index in [1.165, 1.54) is 5.69 Å². The number of piperazine rings is 1. The van der Waals surface area contributed by atoms with Crippen molar-refractivity contribution in [3.05, 3.63) is 30.0 Å². The highest BCUT2D eigenvalue weighted by Crippen LogP contribution is 2.27. The highest BCUT2D eigenvalue weighted by molar-refractivity contribution is 5.86. The van der Waals surface area contributed by atoms with E-state index >= 15 is 0 Å². The number of aromatic hydroxyl groups is 1. The molecule has 0 amide bonds. The number of aryl methyl sites for hydroxylation is 1. The van der Waals surface area contributed by atoms with E-state index in [9.17, 15) is 5.11 Å². The van der Waals surface area contributed by atoms with Crippen molar-refractivity contribution in [3.8, 4) is 5.75 Å². The molecule has 0 radical (unpaired) electrons. The van der Waals surface area contributed by atoms with Crippen LogP contribution in [0.2, 0.25) is 0 Å². The Morgan fingerprint density at radius 2 is 2.06 bits per heavy atom. The van der Waals surface area contributed by atoms with Gasteiger partial charge in [0.1, 0.15) is 5.75 Å². The van der Waals surface area contributed by atoms with E-state index in [0.717, 1.165) is 43.6 Å². The normalized spacial score (nSPS) is 17.4. The molecule has 1 aliphatic rings. The number of hydrogen-bond acceptors (Lipinski definition) is 3. The Morgan fingerprint density at radius 3 is 2.78 bits per heavy atom. The van der Waals surface area contributed by atoms with Crippen molar-refractivity contribution in [2.45, 2.75) is 6.54 Å². The van der Waals surface area contributed by atoms with Crippen LogP contribution in [0.4, 0.5) is 0 Å². The average Bonchev–Trinajstić information content (AvgIpc) is 2.69. The Bertz CT molecular complexity index is 555. The van der Waals surface area contributed by atoms with Crippen LogP contribution in [-0.4, -0.2) is 40.8 Å². The van der Waals surface area contributed by atoms with Crippen LogP contribution in [0, 0.1) is 0 Å². The molecule has 3 rings (SSSR count). The van der Waals surface area contributed by atoms with Crippen LogP contribution in [0.1, 0.15) is 5.69 Å². The predicted molar refractivity (Wildman–Crippen MR) is 72.7 cm³/mol. The molecule has 18 heavy (non-hydrogen) atoms. The predicted octanol–water partition coefficient (Wildman–Crippen LogP) is 1.29. The van der Waals surface area contributed by atoms with E-state index in [-0.39, 0.29) is 0 Å². The lowest BCUT2D eigenvalue weighted by atomic mass is 10.2. The van der Waals surface area contributed by atoms with Crippen molar-refractivity contribution in [2.24, 2.45) is 7.05 Å². The molecule has 2 aromatic rings. The van der Waals surface area contributed by atoms with Crippen molar-refractivity contribution in [3.63, 3.8) is 0 Å². The van der Waals surface area contributed by atoms with Crippen molar-refractivity contribution < 1.29 is 5.11 Å². The lowest BCUT2D eigenvalue weighted by Gasteiger charge is -2.27. The lowest BCUT2D eigenvalue weighted by molar-refractivity contribution is 0.229. The number of nitrogens with one attached hydrogen (secondary N) is 1. The molecular formula is C14H19N3O. The number of rotatable bonds is 2. The molecule has 1 fully saturated rings. The summed E-state index contributed by atoms with van der Waals surface area (Å²) in [7, 11) is 2.03. The van der Waals surface area contributed by atoms with Crippen molar-refractivity contribution in [1.29, 1.82) is 0 Å². The number of nitrogens with zero attached hydrogens (tertiary/aromatic N) is 2. The Kier molecular flexibility index (Phi) is 2.97. The van der Waals surface area contributed by atoms with Gasteiger partial charge in [0, 0.05) is 50.9 Å². The fraction of sp³-hybridized carbons (Fsp3) is 0.429. The first kappa shape index (κ1) is 11.6. The molecule has 0 aliphatic carbocycles. The standard InChI is InChI=1S/C14H19N3O/c1-16-12(10-17-7-5-15-6-8-17)9-11-3-2-4-13(18)14(11)16/h2-4,9,15,18H,5-8,10H2,1H3. The lowest BCUT2D eigenvalue weighted by Crippen LogP contribution is -2.43. The first-order valence-electron chi connectivity index (χ1n) is 6.45. The zero-order valence-corrected chi connectivity index (χ0v) is 10.7. The highest BCUT2D eigenvalue weighted by Gasteiger charge is 2.14. The second-order valence-electron chi connectivity index (χ2n) is 4.94. The minimum absolute atomic E-state index is 0.363. The third kappa shape index (κ3) is 1.98. The number of hydrogen-bond donors (Lipinski definition) is 2. The van der Waals surface area contributed by atoms with Gasteiger partial charge < -0.3 is 15.0 Å². The summed E-state index contributed by atoms with van der Waals surface area (Å²) in [6, 6.07) is 7.87. The monoisotopic (exact) mass is 245 g/mol.